The summed E-state index contributed by atoms with van der Waals surface area (Å²) in [6.45, 7) is 3.63. The maximum absolute atomic E-state index is 9.21. The topological polar surface area (TPSA) is 39.9 Å². The summed E-state index contributed by atoms with van der Waals surface area (Å²) in [6.07, 6.45) is 3.55. The Kier molecular flexibility index (Phi) is 4.38. The molecule has 2 aromatic rings. The number of benzene rings is 1. The van der Waals surface area contributed by atoms with Crippen molar-refractivity contribution < 1.29 is 0 Å². The van der Waals surface area contributed by atoms with Crippen LogP contribution >= 0.6 is 11.6 Å². The molecular formula is C15H14ClN3. The molecule has 0 bridgehead atoms. The Morgan fingerprint density at radius 2 is 2.00 bits per heavy atom. The van der Waals surface area contributed by atoms with Gasteiger partial charge < -0.3 is 4.90 Å². The fraction of sp³-hybridized carbons (Fsp3) is 0.200. The highest BCUT2D eigenvalue weighted by Gasteiger charge is 2.10. The van der Waals surface area contributed by atoms with Gasteiger partial charge in [0.05, 0.1) is 11.3 Å². The van der Waals surface area contributed by atoms with E-state index in [9.17, 15) is 5.26 Å². The molecule has 0 N–H and O–H groups in total. The molecule has 96 valence electrons. The third-order valence-corrected chi connectivity index (χ3v) is 3.16. The number of aromatic nitrogens is 1. The van der Waals surface area contributed by atoms with Crippen molar-refractivity contribution in [2.24, 2.45) is 0 Å². The molecule has 1 aromatic carbocycles. The fourth-order valence-electron chi connectivity index (χ4n) is 1.95. The van der Waals surface area contributed by atoms with E-state index in [2.05, 4.69) is 22.9 Å². The van der Waals surface area contributed by atoms with Crippen LogP contribution in [0.25, 0.3) is 0 Å². The van der Waals surface area contributed by atoms with Crippen molar-refractivity contribution in [1.82, 2.24) is 4.98 Å². The van der Waals surface area contributed by atoms with Crippen LogP contribution < -0.4 is 4.90 Å². The minimum absolute atomic E-state index is 0.584. The zero-order valence-electron chi connectivity index (χ0n) is 10.7. The lowest BCUT2D eigenvalue weighted by molar-refractivity contribution is 0.829. The van der Waals surface area contributed by atoms with Gasteiger partial charge in [-0.3, -0.25) is 4.98 Å². The molecule has 4 heteroatoms. The average Bonchev–Trinajstić information content (AvgIpc) is 2.46. The van der Waals surface area contributed by atoms with Crippen LogP contribution in [-0.4, -0.2) is 11.5 Å². The van der Waals surface area contributed by atoms with E-state index in [1.54, 1.807) is 18.5 Å². The first kappa shape index (κ1) is 13.4. The van der Waals surface area contributed by atoms with Gasteiger partial charge in [-0.25, -0.2) is 0 Å². The standard InChI is InChI=1S/C15H14ClN3/c1-2-19(11-12-5-7-18-8-6-12)15-4-3-14(16)9-13(15)10-17/h3-9H,2,11H2,1H3. The van der Waals surface area contributed by atoms with E-state index in [1.165, 1.54) is 0 Å². The molecule has 0 spiro atoms. The van der Waals surface area contributed by atoms with Gasteiger partial charge in [0.2, 0.25) is 0 Å². The van der Waals surface area contributed by atoms with E-state index in [-0.39, 0.29) is 0 Å². The highest BCUT2D eigenvalue weighted by molar-refractivity contribution is 6.30. The Morgan fingerprint density at radius 1 is 1.26 bits per heavy atom. The first-order valence-corrected chi connectivity index (χ1v) is 6.46. The second-order valence-corrected chi connectivity index (χ2v) is 4.58. The lowest BCUT2D eigenvalue weighted by Gasteiger charge is -2.24. The zero-order chi connectivity index (χ0) is 13.7. The summed E-state index contributed by atoms with van der Waals surface area (Å²) in [5.41, 5.74) is 2.67. The third-order valence-electron chi connectivity index (χ3n) is 2.92. The molecule has 0 saturated heterocycles. The van der Waals surface area contributed by atoms with Gasteiger partial charge in [0.15, 0.2) is 0 Å². The quantitative estimate of drug-likeness (QED) is 0.852. The van der Waals surface area contributed by atoms with Crippen LogP contribution in [0.15, 0.2) is 42.7 Å². The van der Waals surface area contributed by atoms with Gasteiger partial charge in [0.25, 0.3) is 0 Å². The Morgan fingerprint density at radius 3 is 2.63 bits per heavy atom. The van der Waals surface area contributed by atoms with Crippen LogP contribution in [0.3, 0.4) is 0 Å². The lowest BCUT2D eigenvalue weighted by Crippen LogP contribution is -2.22. The molecule has 0 aliphatic heterocycles. The molecule has 0 amide bonds. The largest absolute Gasteiger partial charge is 0.366 e. The fourth-order valence-corrected chi connectivity index (χ4v) is 2.12. The van der Waals surface area contributed by atoms with Crippen molar-refractivity contribution in [2.45, 2.75) is 13.5 Å². The number of rotatable bonds is 4. The van der Waals surface area contributed by atoms with E-state index >= 15 is 0 Å². The Hall–Kier alpha value is -2.05. The van der Waals surface area contributed by atoms with Crippen LogP contribution in [0.4, 0.5) is 5.69 Å². The minimum Gasteiger partial charge on any atom is -0.366 e. The summed E-state index contributed by atoms with van der Waals surface area (Å²) in [4.78, 5) is 6.15. The van der Waals surface area contributed by atoms with Crippen LogP contribution in [0, 0.1) is 11.3 Å². The molecule has 19 heavy (non-hydrogen) atoms. The van der Waals surface area contributed by atoms with Gasteiger partial charge >= 0.3 is 0 Å². The summed E-state index contributed by atoms with van der Waals surface area (Å²) in [5.74, 6) is 0. The number of nitrogens with zero attached hydrogens (tertiary/aromatic N) is 3. The van der Waals surface area contributed by atoms with Gasteiger partial charge in [-0.15, -0.1) is 0 Å². The second-order valence-electron chi connectivity index (χ2n) is 4.14. The van der Waals surface area contributed by atoms with E-state index in [0.29, 0.717) is 10.6 Å². The van der Waals surface area contributed by atoms with Crippen molar-refractivity contribution in [3.63, 3.8) is 0 Å². The minimum atomic E-state index is 0.584. The molecule has 0 aliphatic rings. The predicted molar refractivity (Wildman–Crippen MR) is 77.1 cm³/mol. The van der Waals surface area contributed by atoms with Crippen molar-refractivity contribution in [3.05, 3.63) is 58.9 Å². The predicted octanol–water partition coefficient (Wildman–Crippen LogP) is 3.63. The Balaban J connectivity index is 2.30. The molecular weight excluding hydrogens is 258 g/mol. The average molecular weight is 272 g/mol. The first-order valence-electron chi connectivity index (χ1n) is 6.08. The normalized spacial score (nSPS) is 9.95. The van der Waals surface area contributed by atoms with E-state index in [0.717, 1.165) is 24.3 Å². The molecule has 2 rings (SSSR count). The summed E-state index contributed by atoms with van der Waals surface area (Å²) in [6, 6.07) is 11.6. The SMILES string of the molecule is CCN(Cc1ccncc1)c1ccc(Cl)cc1C#N. The van der Waals surface area contributed by atoms with Crippen molar-refractivity contribution in [2.75, 3.05) is 11.4 Å². The van der Waals surface area contributed by atoms with E-state index in [4.69, 9.17) is 11.6 Å². The summed E-state index contributed by atoms with van der Waals surface area (Å²) >= 11 is 5.93. The molecule has 0 radical (unpaired) electrons. The summed E-state index contributed by atoms with van der Waals surface area (Å²) in [7, 11) is 0. The Bertz CT molecular complexity index is 590. The van der Waals surface area contributed by atoms with Gasteiger partial charge in [0.1, 0.15) is 6.07 Å². The van der Waals surface area contributed by atoms with Gasteiger partial charge in [-0.1, -0.05) is 11.6 Å². The molecule has 0 saturated carbocycles. The maximum atomic E-state index is 9.21. The smallest absolute Gasteiger partial charge is 0.101 e. The molecule has 0 fully saturated rings. The number of hydrogen-bond donors (Lipinski definition) is 0. The van der Waals surface area contributed by atoms with Crippen LogP contribution in [0.2, 0.25) is 5.02 Å². The Labute approximate surface area is 118 Å². The van der Waals surface area contributed by atoms with Gasteiger partial charge in [-0.2, -0.15) is 5.26 Å². The highest BCUT2D eigenvalue weighted by Crippen LogP contribution is 2.25. The van der Waals surface area contributed by atoms with E-state index in [1.807, 2.05) is 24.3 Å². The number of anilines is 1. The number of nitriles is 1. The molecule has 0 aliphatic carbocycles. The summed E-state index contributed by atoms with van der Waals surface area (Å²) < 4.78 is 0. The van der Waals surface area contributed by atoms with E-state index < -0.39 is 0 Å². The van der Waals surface area contributed by atoms with Gasteiger partial charge in [0, 0.05) is 30.5 Å². The monoisotopic (exact) mass is 271 g/mol. The van der Waals surface area contributed by atoms with Crippen LogP contribution in [-0.2, 0) is 6.54 Å². The third kappa shape index (κ3) is 3.24. The molecule has 0 atom stereocenters. The zero-order valence-corrected chi connectivity index (χ0v) is 11.4. The van der Waals surface area contributed by atoms with Crippen LogP contribution in [0.1, 0.15) is 18.1 Å². The number of halogens is 1. The number of pyridine rings is 1. The molecule has 0 unspecified atom stereocenters. The highest BCUT2D eigenvalue weighted by atomic mass is 35.5. The molecule has 1 aromatic heterocycles. The van der Waals surface area contributed by atoms with Crippen LogP contribution in [0.5, 0.6) is 0 Å². The summed E-state index contributed by atoms with van der Waals surface area (Å²) in [5, 5.41) is 9.79. The maximum Gasteiger partial charge on any atom is 0.101 e. The van der Waals surface area contributed by atoms with Gasteiger partial charge in [-0.05, 0) is 42.8 Å². The second kappa shape index (κ2) is 6.21. The number of hydrogen-bond acceptors (Lipinski definition) is 3. The first-order chi connectivity index (χ1) is 9.24. The van der Waals surface area contributed by atoms with Crippen molar-refractivity contribution in [1.29, 1.82) is 5.26 Å². The van der Waals surface area contributed by atoms with Crippen molar-refractivity contribution in [3.8, 4) is 6.07 Å². The van der Waals surface area contributed by atoms with Crippen molar-refractivity contribution >= 4 is 17.3 Å². The molecule has 3 nitrogen and oxygen atoms in total. The molecule has 1 heterocycles. The lowest BCUT2D eigenvalue weighted by atomic mass is 10.1.